The van der Waals surface area contributed by atoms with Gasteiger partial charge < -0.3 is 0 Å². The van der Waals surface area contributed by atoms with Crippen LogP contribution in [-0.4, -0.2) is 11.3 Å². The Labute approximate surface area is 66.0 Å². The maximum Gasteiger partial charge on any atom is 0.268 e. The van der Waals surface area contributed by atoms with Gasteiger partial charge in [0.15, 0.2) is 6.29 Å². The molecule has 0 spiro atoms. The number of hydrogen-bond acceptors (Lipinski definition) is 2. The van der Waals surface area contributed by atoms with Gasteiger partial charge in [0.1, 0.15) is 5.82 Å². The minimum Gasteiger partial charge on any atom is -0.298 e. The van der Waals surface area contributed by atoms with Gasteiger partial charge in [0, 0.05) is 12.4 Å². The molecule has 0 unspecified atom stereocenters. The van der Waals surface area contributed by atoms with Crippen LogP contribution >= 0.6 is 0 Å². The molecule has 0 aromatic carbocycles. The van der Waals surface area contributed by atoms with Crippen LogP contribution in [0.1, 0.15) is 22.3 Å². The Kier molecular flexibility index (Phi) is 2.42. The van der Waals surface area contributed by atoms with Crippen molar-refractivity contribution in [2.75, 3.05) is 0 Å². The van der Waals surface area contributed by atoms with Gasteiger partial charge in [-0.05, 0) is 0 Å². The third-order valence-corrected chi connectivity index (χ3v) is 1.30. The monoisotopic (exact) mass is 175 g/mol. The van der Waals surface area contributed by atoms with E-state index in [1.807, 2.05) is 0 Å². The van der Waals surface area contributed by atoms with E-state index in [0.717, 1.165) is 6.20 Å². The van der Waals surface area contributed by atoms with E-state index in [0.29, 0.717) is 6.20 Å². The van der Waals surface area contributed by atoms with Crippen molar-refractivity contribution < 1.29 is 18.0 Å². The van der Waals surface area contributed by atoms with E-state index in [9.17, 15) is 18.0 Å². The number of aromatic nitrogens is 1. The number of alkyl halides is 2. The van der Waals surface area contributed by atoms with Crippen molar-refractivity contribution in [3.63, 3.8) is 0 Å². The SMILES string of the molecule is O=Cc1cncc(C(F)F)c1F. The van der Waals surface area contributed by atoms with Gasteiger partial charge in [0.2, 0.25) is 0 Å². The van der Waals surface area contributed by atoms with Crippen LogP contribution in [0.4, 0.5) is 13.2 Å². The number of nitrogens with zero attached hydrogens (tertiary/aromatic N) is 1. The topological polar surface area (TPSA) is 30.0 Å². The first kappa shape index (κ1) is 8.70. The second kappa shape index (κ2) is 3.34. The number of carbonyl (C=O) groups is 1. The molecule has 1 heterocycles. The number of rotatable bonds is 2. The first-order chi connectivity index (χ1) is 5.66. The highest BCUT2D eigenvalue weighted by Crippen LogP contribution is 2.21. The maximum atomic E-state index is 12.8. The Morgan fingerprint density at radius 3 is 2.58 bits per heavy atom. The molecule has 0 radical (unpaired) electrons. The molecule has 1 aromatic heterocycles. The second-order valence-corrected chi connectivity index (χ2v) is 2.05. The Morgan fingerprint density at radius 2 is 2.08 bits per heavy atom. The maximum absolute atomic E-state index is 12.8. The zero-order valence-electron chi connectivity index (χ0n) is 5.80. The van der Waals surface area contributed by atoms with Crippen LogP contribution in [-0.2, 0) is 0 Å². The van der Waals surface area contributed by atoms with Crippen LogP contribution in [0.15, 0.2) is 12.4 Å². The van der Waals surface area contributed by atoms with Gasteiger partial charge in [-0.3, -0.25) is 9.78 Å². The molecule has 1 rings (SSSR count). The minimum atomic E-state index is -2.95. The largest absolute Gasteiger partial charge is 0.298 e. The van der Waals surface area contributed by atoms with Crippen molar-refractivity contribution in [3.05, 3.63) is 29.3 Å². The summed E-state index contributed by atoms with van der Waals surface area (Å²) < 4.78 is 36.7. The van der Waals surface area contributed by atoms with Gasteiger partial charge >= 0.3 is 0 Å². The van der Waals surface area contributed by atoms with Gasteiger partial charge in [-0.15, -0.1) is 0 Å². The summed E-state index contributed by atoms with van der Waals surface area (Å²) in [5.41, 5.74) is -1.30. The molecular weight excluding hydrogens is 171 g/mol. The van der Waals surface area contributed by atoms with E-state index in [1.54, 1.807) is 0 Å². The molecule has 0 N–H and O–H groups in total. The summed E-state index contributed by atoms with van der Waals surface area (Å²) in [5.74, 6) is -1.20. The summed E-state index contributed by atoms with van der Waals surface area (Å²) in [6.07, 6.45) is -1.20. The van der Waals surface area contributed by atoms with E-state index in [-0.39, 0.29) is 6.29 Å². The molecule has 12 heavy (non-hydrogen) atoms. The summed E-state index contributed by atoms with van der Waals surface area (Å²) in [6.45, 7) is 0. The summed E-state index contributed by atoms with van der Waals surface area (Å²) in [7, 11) is 0. The lowest BCUT2D eigenvalue weighted by molar-refractivity contribution is 0.111. The zero-order valence-corrected chi connectivity index (χ0v) is 5.80. The van der Waals surface area contributed by atoms with E-state index in [4.69, 9.17) is 0 Å². The third kappa shape index (κ3) is 1.44. The molecular formula is C7H4F3NO. The number of aldehydes is 1. The van der Waals surface area contributed by atoms with Crippen LogP contribution in [0, 0.1) is 5.82 Å². The molecule has 0 fully saturated rings. The Balaban J connectivity index is 3.22. The normalized spacial score (nSPS) is 10.3. The predicted octanol–water partition coefficient (Wildman–Crippen LogP) is 1.97. The second-order valence-electron chi connectivity index (χ2n) is 2.05. The third-order valence-electron chi connectivity index (χ3n) is 1.30. The van der Waals surface area contributed by atoms with Crippen molar-refractivity contribution >= 4 is 6.29 Å². The van der Waals surface area contributed by atoms with Crippen molar-refractivity contribution in [3.8, 4) is 0 Å². The quantitative estimate of drug-likeness (QED) is 0.643. The molecule has 0 saturated heterocycles. The number of pyridine rings is 1. The van der Waals surface area contributed by atoms with Crippen molar-refractivity contribution in [2.24, 2.45) is 0 Å². The molecule has 0 bridgehead atoms. The van der Waals surface area contributed by atoms with Crippen LogP contribution in [0.3, 0.4) is 0 Å². The molecule has 0 aliphatic carbocycles. The van der Waals surface area contributed by atoms with Gasteiger partial charge in [-0.25, -0.2) is 13.2 Å². The Bertz CT molecular complexity index is 301. The highest BCUT2D eigenvalue weighted by atomic mass is 19.3. The minimum absolute atomic E-state index is 0.147. The molecule has 1 aromatic rings. The summed E-state index contributed by atoms with van der Waals surface area (Å²) >= 11 is 0. The van der Waals surface area contributed by atoms with Crippen LogP contribution in [0.2, 0.25) is 0 Å². The van der Waals surface area contributed by atoms with Gasteiger partial charge in [0.25, 0.3) is 6.43 Å². The van der Waals surface area contributed by atoms with E-state index >= 15 is 0 Å². The molecule has 0 saturated carbocycles. The van der Waals surface area contributed by atoms with Crippen molar-refractivity contribution in [2.45, 2.75) is 6.43 Å². The molecule has 64 valence electrons. The summed E-state index contributed by atoms with van der Waals surface area (Å²) in [5, 5.41) is 0. The van der Waals surface area contributed by atoms with Crippen LogP contribution < -0.4 is 0 Å². The lowest BCUT2D eigenvalue weighted by Crippen LogP contribution is -1.97. The zero-order chi connectivity index (χ0) is 9.14. The van der Waals surface area contributed by atoms with Gasteiger partial charge in [-0.2, -0.15) is 0 Å². The number of halogens is 3. The standard InChI is InChI=1S/C7H4F3NO/c8-6-4(3-12)1-11-2-5(6)7(9)10/h1-3,7H. The lowest BCUT2D eigenvalue weighted by atomic mass is 10.2. The van der Waals surface area contributed by atoms with Crippen molar-refractivity contribution in [1.29, 1.82) is 0 Å². The van der Waals surface area contributed by atoms with E-state index in [1.165, 1.54) is 0 Å². The molecule has 2 nitrogen and oxygen atoms in total. The van der Waals surface area contributed by atoms with E-state index in [2.05, 4.69) is 4.98 Å². The smallest absolute Gasteiger partial charge is 0.268 e. The van der Waals surface area contributed by atoms with Gasteiger partial charge in [-0.1, -0.05) is 0 Å². The summed E-state index contributed by atoms with van der Waals surface area (Å²) in [6, 6.07) is 0. The predicted molar refractivity (Wildman–Crippen MR) is 34.5 cm³/mol. The fourth-order valence-electron chi connectivity index (χ4n) is 0.712. The van der Waals surface area contributed by atoms with E-state index < -0.39 is 23.4 Å². The van der Waals surface area contributed by atoms with Crippen LogP contribution in [0.25, 0.3) is 0 Å². The molecule has 0 aliphatic rings. The fraction of sp³-hybridized carbons (Fsp3) is 0.143. The highest BCUT2D eigenvalue weighted by molar-refractivity contribution is 5.74. The molecule has 0 atom stereocenters. The average molecular weight is 175 g/mol. The highest BCUT2D eigenvalue weighted by Gasteiger charge is 2.16. The lowest BCUT2D eigenvalue weighted by Gasteiger charge is -2.01. The Morgan fingerprint density at radius 1 is 1.42 bits per heavy atom. The number of carbonyl (C=O) groups excluding carboxylic acids is 1. The number of hydrogen-bond donors (Lipinski definition) is 0. The first-order valence-electron chi connectivity index (χ1n) is 3.03. The Hall–Kier alpha value is -1.39. The first-order valence-corrected chi connectivity index (χ1v) is 3.03. The van der Waals surface area contributed by atoms with Crippen LogP contribution in [0.5, 0.6) is 0 Å². The molecule has 5 heteroatoms. The average Bonchev–Trinajstić information content (AvgIpc) is 2.04. The summed E-state index contributed by atoms with van der Waals surface area (Å²) in [4.78, 5) is 13.4. The van der Waals surface area contributed by atoms with Crippen molar-refractivity contribution in [1.82, 2.24) is 4.98 Å². The molecule has 0 amide bonds. The van der Waals surface area contributed by atoms with Gasteiger partial charge in [0.05, 0.1) is 11.1 Å². The fourth-order valence-corrected chi connectivity index (χ4v) is 0.712. The molecule has 0 aliphatic heterocycles.